The van der Waals surface area contributed by atoms with Crippen molar-refractivity contribution in [3.63, 3.8) is 0 Å². The highest BCUT2D eigenvalue weighted by Gasteiger charge is 2.29. The van der Waals surface area contributed by atoms with Crippen molar-refractivity contribution in [1.29, 1.82) is 0 Å². The maximum absolute atomic E-state index is 13.0. The first-order valence-electron chi connectivity index (χ1n) is 12.8. The van der Waals surface area contributed by atoms with Gasteiger partial charge in [0.1, 0.15) is 5.75 Å². The van der Waals surface area contributed by atoms with Crippen LogP contribution in [0.3, 0.4) is 0 Å². The molecule has 0 saturated carbocycles. The predicted molar refractivity (Wildman–Crippen MR) is 141 cm³/mol. The van der Waals surface area contributed by atoms with Crippen LogP contribution in [0.1, 0.15) is 35.6 Å². The third kappa shape index (κ3) is 5.29. The minimum atomic E-state index is -0.0537. The molecule has 0 radical (unpaired) electrons. The highest BCUT2D eigenvalue weighted by Crippen LogP contribution is 2.33. The van der Waals surface area contributed by atoms with E-state index < -0.39 is 0 Å². The molecule has 1 saturated heterocycles. The Hall–Kier alpha value is -3.64. The Labute approximate surface area is 213 Å². The van der Waals surface area contributed by atoms with Crippen LogP contribution >= 0.6 is 0 Å². The summed E-state index contributed by atoms with van der Waals surface area (Å²) in [6, 6.07) is 27.2. The van der Waals surface area contributed by atoms with E-state index in [2.05, 4.69) is 53.4 Å². The molecule has 0 spiro atoms. The molecule has 2 aliphatic rings. The summed E-state index contributed by atoms with van der Waals surface area (Å²) in [6.45, 7) is 5.66. The van der Waals surface area contributed by atoms with Crippen LogP contribution in [0.25, 0.3) is 0 Å². The summed E-state index contributed by atoms with van der Waals surface area (Å²) in [4.78, 5) is 31.7. The quantitative estimate of drug-likeness (QED) is 0.499. The van der Waals surface area contributed by atoms with E-state index in [1.165, 1.54) is 11.1 Å². The minimum absolute atomic E-state index is 0.0515. The molecular formula is C30H33N3O3. The first-order chi connectivity index (χ1) is 17.6. The van der Waals surface area contributed by atoms with Gasteiger partial charge in [0, 0.05) is 39.1 Å². The molecule has 0 N–H and O–H groups in total. The summed E-state index contributed by atoms with van der Waals surface area (Å²) in [7, 11) is 0. The third-order valence-corrected chi connectivity index (χ3v) is 7.09. The summed E-state index contributed by atoms with van der Waals surface area (Å²) < 4.78 is 5.57. The van der Waals surface area contributed by atoms with E-state index in [0.717, 1.165) is 30.1 Å². The second kappa shape index (κ2) is 11.0. The van der Waals surface area contributed by atoms with Crippen LogP contribution in [0, 0.1) is 6.92 Å². The van der Waals surface area contributed by atoms with Gasteiger partial charge >= 0.3 is 0 Å². The number of benzene rings is 3. The minimum Gasteiger partial charge on any atom is -0.482 e. The molecule has 0 aliphatic carbocycles. The average Bonchev–Trinajstić information content (AvgIpc) is 2.92. The number of fused-ring (bicyclic) bond motifs is 1. The maximum atomic E-state index is 13.0. The molecule has 2 aliphatic heterocycles. The van der Waals surface area contributed by atoms with Crippen molar-refractivity contribution in [2.24, 2.45) is 0 Å². The van der Waals surface area contributed by atoms with Crippen LogP contribution in [0.15, 0.2) is 78.9 Å². The van der Waals surface area contributed by atoms with Crippen molar-refractivity contribution in [3.05, 3.63) is 95.6 Å². The van der Waals surface area contributed by atoms with E-state index in [-0.39, 0.29) is 24.5 Å². The molecule has 3 aromatic carbocycles. The number of rotatable bonds is 7. The maximum Gasteiger partial charge on any atom is 0.265 e. The Morgan fingerprint density at radius 2 is 1.53 bits per heavy atom. The smallest absolute Gasteiger partial charge is 0.265 e. The van der Waals surface area contributed by atoms with Crippen LogP contribution in [0.5, 0.6) is 5.75 Å². The lowest BCUT2D eigenvalue weighted by Gasteiger charge is -2.40. The van der Waals surface area contributed by atoms with Gasteiger partial charge in [-0.15, -0.1) is 0 Å². The van der Waals surface area contributed by atoms with Crippen LogP contribution in [-0.4, -0.2) is 60.9 Å². The number of carbonyl (C=O) groups is 2. The zero-order valence-corrected chi connectivity index (χ0v) is 20.8. The molecular weight excluding hydrogens is 450 g/mol. The van der Waals surface area contributed by atoms with Gasteiger partial charge in [-0.25, -0.2) is 0 Å². The largest absolute Gasteiger partial charge is 0.482 e. The molecule has 36 heavy (non-hydrogen) atoms. The second-order valence-electron chi connectivity index (χ2n) is 9.55. The van der Waals surface area contributed by atoms with E-state index in [9.17, 15) is 9.59 Å². The summed E-state index contributed by atoms with van der Waals surface area (Å²) in [5.41, 5.74) is 4.43. The lowest BCUT2D eigenvalue weighted by molar-refractivity contribution is -0.133. The fourth-order valence-corrected chi connectivity index (χ4v) is 5.22. The highest BCUT2D eigenvalue weighted by molar-refractivity contribution is 5.98. The number of aryl methyl sites for hydroxylation is 1. The monoisotopic (exact) mass is 483 g/mol. The number of amides is 2. The summed E-state index contributed by atoms with van der Waals surface area (Å²) in [6.07, 6.45) is 1.07. The van der Waals surface area contributed by atoms with Gasteiger partial charge in [0.15, 0.2) is 6.61 Å². The summed E-state index contributed by atoms with van der Waals surface area (Å²) in [5, 5.41) is 0. The zero-order chi connectivity index (χ0) is 24.9. The van der Waals surface area contributed by atoms with E-state index in [1.54, 1.807) is 4.90 Å². The van der Waals surface area contributed by atoms with Gasteiger partial charge in [-0.1, -0.05) is 66.7 Å². The number of hydrogen-bond donors (Lipinski definition) is 0. The molecule has 0 bridgehead atoms. The Bertz CT molecular complexity index is 1150. The Morgan fingerprint density at radius 3 is 2.17 bits per heavy atom. The van der Waals surface area contributed by atoms with Crippen LogP contribution in [-0.2, 0) is 9.59 Å². The molecule has 5 rings (SSSR count). The van der Waals surface area contributed by atoms with Gasteiger partial charge < -0.3 is 14.5 Å². The van der Waals surface area contributed by atoms with Crippen molar-refractivity contribution in [1.82, 2.24) is 9.80 Å². The van der Waals surface area contributed by atoms with Crippen LogP contribution < -0.4 is 9.64 Å². The molecule has 1 fully saturated rings. The molecule has 6 nitrogen and oxygen atoms in total. The van der Waals surface area contributed by atoms with Crippen molar-refractivity contribution >= 4 is 17.5 Å². The van der Waals surface area contributed by atoms with Gasteiger partial charge in [0.25, 0.3) is 5.91 Å². The zero-order valence-electron chi connectivity index (χ0n) is 20.8. The number of ether oxygens (including phenoxy) is 1. The molecule has 0 atom stereocenters. The fraction of sp³-hybridized carbons (Fsp3) is 0.333. The molecule has 2 amide bonds. The molecule has 3 aromatic rings. The number of hydrogen-bond acceptors (Lipinski definition) is 4. The van der Waals surface area contributed by atoms with Gasteiger partial charge in [-0.3, -0.25) is 14.5 Å². The van der Waals surface area contributed by atoms with Gasteiger partial charge in [-0.2, -0.15) is 0 Å². The summed E-state index contributed by atoms with van der Waals surface area (Å²) >= 11 is 0. The van der Waals surface area contributed by atoms with Gasteiger partial charge in [0.05, 0.1) is 11.7 Å². The molecule has 0 aromatic heterocycles. The Kier molecular flexibility index (Phi) is 7.33. The molecule has 2 heterocycles. The number of anilines is 1. The van der Waals surface area contributed by atoms with Gasteiger partial charge in [0.2, 0.25) is 5.91 Å². The second-order valence-corrected chi connectivity index (χ2v) is 9.55. The standard InChI is InChI=1S/C30H33N3O3/c1-23-14-15-27-26(21-23)33(29(35)22-36-27)16-8-13-28(34)31-17-19-32(20-18-31)30(24-9-4-2-5-10-24)25-11-6-3-7-12-25/h2-7,9-12,14-15,21,30H,8,13,16-20,22H2,1H3. The predicted octanol–water partition coefficient (Wildman–Crippen LogP) is 4.43. The van der Waals surface area contributed by atoms with Crippen LogP contribution in [0.4, 0.5) is 5.69 Å². The van der Waals surface area contributed by atoms with E-state index in [1.807, 2.05) is 42.2 Å². The van der Waals surface area contributed by atoms with Crippen molar-refractivity contribution in [2.75, 3.05) is 44.2 Å². The third-order valence-electron chi connectivity index (χ3n) is 7.09. The van der Waals surface area contributed by atoms with E-state index >= 15 is 0 Å². The van der Waals surface area contributed by atoms with Crippen molar-refractivity contribution in [3.8, 4) is 5.75 Å². The fourth-order valence-electron chi connectivity index (χ4n) is 5.22. The molecule has 6 heteroatoms. The SMILES string of the molecule is Cc1ccc2c(c1)N(CCCC(=O)N1CCN(C(c3ccccc3)c3ccccc3)CC1)C(=O)CO2. The summed E-state index contributed by atoms with van der Waals surface area (Å²) in [5.74, 6) is 0.840. The first kappa shape index (κ1) is 24.1. The van der Waals surface area contributed by atoms with Crippen molar-refractivity contribution in [2.45, 2.75) is 25.8 Å². The van der Waals surface area contributed by atoms with Gasteiger partial charge in [-0.05, 0) is 42.2 Å². The highest BCUT2D eigenvalue weighted by atomic mass is 16.5. The van der Waals surface area contributed by atoms with Crippen molar-refractivity contribution < 1.29 is 14.3 Å². The molecule has 186 valence electrons. The lowest BCUT2D eigenvalue weighted by atomic mass is 9.96. The van der Waals surface area contributed by atoms with E-state index in [4.69, 9.17) is 4.74 Å². The topological polar surface area (TPSA) is 53.1 Å². The number of nitrogens with zero attached hydrogens (tertiary/aromatic N) is 3. The average molecular weight is 484 g/mol. The molecule has 0 unspecified atom stereocenters. The number of carbonyl (C=O) groups excluding carboxylic acids is 2. The van der Waals surface area contributed by atoms with Crippen LogP contribution in [0.2, 0.25) is 0 Å². The Morgan fingerprint density at radius 1 is 0.889 bits per heavy atom. The normalized spacial score (nSPS) is 16.1. The Balaban J connectivity index is 1.17. The first-order valence-corrected chi connectivity index (χ1v) is 12.8. The lowest BCUT2D eigenvalue weighted by Crippen LogP contribution is -2.50. The van der Waals surface area contributed by atoms with E-state index in [0.29, 0.717) is 32.5 Å². The number of piperazine rings is 1.